The van der Waals surface area contributed by atoms with Gasteiger partial charge in [0.15, 0.2) is 0 Å². The summed E-state index contributed by atoms with van der Waals surface area (Å²) in [5.74, 6) is 0.675. The molecule has 148 valence electrons. The molecule has 6 heteroatoms. The summed E-state index contributed by atoms with van der Waals surface area (Å²) in [4.78, 5) is 32.7. The van der Waals surface area contributed by atoms with E-state index in [0.717, 1.165) is 61.5 Å². The van der Waals surface area contributed by atoms with Crippen molar-refractivity contribution in [1.82, 2.24) is 9.88 Å². The van der Waals surface area contributed by atoms with Crippen molar-refractivity contribution in [2.75, 3.05) is 31.6 Å². The summed E-state index contributed by atoms with van der Waals surface area (Å²) in [6.07, 6.45) is 4.05. The molecule has 2 aromatic rings. The summed E-state index contributed by atoms with van der Waals surface area (Å²) >= 11 is 0. The molecule has 0 saturated carbocycles. The number of carbonyl (C=O) groups excluding carboxylic acids is 1. The number of fused-ring (bicyclic) bond motifs is 1. The molecule has 2 heterocycles. The quantitative estimate of drug-likeness (QED) is 0.888. The third-order valence-corrected chi connectivity index (χ3v) is 5.89. The number of aromatic amines is 1. The number of hydrogen-bond acceptors (Lipinski definition) is 4. The van der Waals surface area contributed by atoms with Crippen LogP contribution in [-0.4, -0.2) is 48.6 Å². The second-order valence-corrected chi connectivity index (χ2v) is 7.71. The number of ether oxygens (including phenoxy) is 1. The van der Waals surface area contributed by atoms with Crippen molar-refractivity contribution in [3.05, 3.63) is 57.5 Å². The first-order valence-corrected chi connectivity index (χ1v) is 10.0. The molecular weight excluding hydrogens is 354 g/mol. The molecule has 0 unspecified atom stereocenters. The second kappa shape index (κ2) is 7.70. The molecule has 1 amide bonds. The molecule has 1 aliphatic heterocycles. The third kappa shape index (κ3) is 3.51. The van der Waals surface area contributed by atoms with Gasteiger partial charge in [0.2, 0.25) is 0 Å². The van der Waals surface area contributed by atoms with Crippen molar-refractivity contribution in [2.45, 2.75) is 38.6 Å². The highest BCUT2D eigenvalue weighted by Crippen LogP contribution is 2.24. The summed E-state index contributed by atoms with van der Waals surface area (Å²) in [6, 6.07) is 9.83. The first-order valence-electron chi connectivity index (χ1n) is 10.0. The lowest BCUT2D eigenvalue weighted by Crippen LogP contribution is -2.54. The summed E-state index contributed by atoms with van der Waals surface area (Å²) in [6.45, 7) is 4.12. The zero-order chi connectivity index (χ0) is 19.7. The van der Waals surface area contributed by atoms with E-state index in [1.54, 1.807) is 7.11 Å². The Morgan fingerprint density at radius 3 is 2.61 bits per heavy atom. The van der Waals surface area contributed by atoms with Gasteiger partial charge in [-0.15, -0.1) is 0 Å². The standard InChI is InChI=1S/C22H27N3O3/c1-15-14-24(17-7-9-18(28-2)10-8-17)11-12-25(15)22(27)19-13-16-5-3-4-6-20(16)23-21(19)26/h7-10,13,15H,3-6,11-12,14H2,1-2H3,(H,23,26)/t15-/m1/s1. The lowest BCUT2D eigenvalue weighted by molar-refractivity contribution is 0.0672. The summed E-state index contributed by atoms with van der Waals surface area (Å²) in [7, 11) is 1.66. The Labute approximate surface area is 165 Å². The Morgan fingerprint density at radius 2 is 1.89 bits per heavy atom. The largest absolute Gasteiger partial charge is 0.497 e. The number of nitrogens with one attached hydrogen (secondary N) is 1. The number of carbonyl (C=O) groups is 1. The van der Waals surface area contributed by atoms with Crippen LogP contribution in [-0.2, 0) is 12.8 Å². The van der Waals surface area contributed by atoms with E-state index in [0.29, 0.717) is 6.54 Å². The van der Waals surface area contributed by atoms with Crippen molar-refractivity contribution in [2.24, 2.45) is 0 Å². The summed E-state index contributed by atoms with van der Waals surface area (Å²) in [5, 5.41) is 0. The molecule has 6 nitrogen and oxygen atoms in total. The predicted molar refractivity (Wildman–Crippen MR) is 109 cm³/mol. The number of pyridine rings is 1. The van der Waals surface area contributed by atoms with Gasteiger partial charge < -0.3 is 19.5 Å². The molecular formula is C22H27N3O3. The van der Waals surface area contributed by atoms with E-state index in [2.05, 4.69) is 9.88 Å². The third-order valence-electron chi connectivity index (χ3n) is 5.89. The van der Waals surface area contributed by atoms with E-state index in [9.17, 15) is 9.59 Å². The van der Waals surface area contributed by atoms with Gasteiger partial charge in [0, 0.05) is 37.1 Å². The van der Waals surface area contributed by atoms with Crippen LogP contribution in [0.1, 0.15) is 41.4 Å². The average molecular weight is 381 g/mol. The molecule has 1 aromatic heterocycles. The predicted octanol–water partition coefficient (Wildman–Crippen LogP) is 2.61. The lowest BCUT2D eigenvalue weighted by Gasteiger charge is -2.41. The van der Waals surface area contributed by atoms with Crippen molar-refractivity contribution < 1.29 is 9.53 Å². The van der Waals surface area contributed by atoms with Gasteiger partial charge in [-0.1, -0.05) is 0 Å². The van der Waals surface area contributed by atoms with Gasteiger partial charge >= 0.3 is 0 Å². The molecule has 1 atom stereocenters. The molecule has 2 aliphatic rings. The molecule has 1 aliphatic carbocycles. The lowest BCUT2D eigenvalue weighted by atomic mass is 9.94. The number of rotatable bonds is 3. The van der Waals surface area contributed by atoms with Crippen LogP contribution >= 0.6 is 0 Å². The van der Waals surface area contributed by atoms with E-state index >= 15 is 0 Å². The number of amides is 1. The van der Waals surface area contributed by atoms with Crippen LogP contribution in [0.15, 0.2) is 35.1 Å². The topological polar surface area (TPSA) is 65.6 Å². The van der Waals surface area contributed by atoms with Gasteiger partial charge in [-0.3, -0.25) is 9.59 Å². The number of piperazine rings is 1. The number of benzene rings is 1. The molecule has 1 fully saturated rings. The fraction of sp³-hybridized carbons (Fsp3) is 0.455. The van der Waals surface area contributed by atoms with E-state index in [1.165, 1.54) is 0 Å². The summed E-state index contributed by atoms with van der Waals surface area (Å²) in [5.41, 5.74) is 3.27. The van der Waals surface area contributed by atoms with Crippen molar-refractivity contribution in [3.63, 3.8) is 0 Å². The molecule has 0 bridgehead atoms. The minimum atomic E-state index is -0.254. The van der Waals surface area contributed by atoms with Gasteiger partial charge in [0.05, 0.1) is 7.11 Å². The molecule has 28 heavy (non-hydrogen) atoms. The average Bonchev–Trinajstić information content (AvgIpc) is 2.72. The highest BCUT2D eigenvalue weighted by atomic mass is 16.5. The molecule has 0 spiro atoms. The smallest absolute Gasteiger partial charge is 0.261 e. The van der Waals surface area contributed by atoms with Gasteiger partial charge in [0.1, 0.15) is 11.3 Å². The van der Waals surface area contributed by atoms with Gasteiger partial charge in [-0.2, -0.15) is 0 Å². The van der Waals surface area contributed by atoms with Crippen LogP contribution in [0.3, 0.4) is 0 Å². The maximum atomic E-state index is 13.1. The number of methoxy groups -OCH3 is 1. The van der Waals surface area contributed by atoms with Crippen molar-refractivity contribution in [3.8, 4) is 5.75 Å². The Balaban J connectivity index is 1.50. The first kappa shape index (κ1) is 18.6. The highest BCUT2D eigenvalue weighted by Gasteiger charge is 2.30. The maximum absolute atomic E-state index is 13.1. The van der Waals surface area contributed by atoms with Crippen molar-refractivity contribution >= 4 is 11.6 Å². The number of anilines is 1. The van der Waals surface area contributed by atoms with Gasteiger partial charge in [-0.05, 0) is 68.5 Å². The van der Waals surface area contributed by atoms with Crippen LogP contribution in [0.4, 0.5) is 5.69 Å². The zero-order valence-corrected chi connectivity index (χ0v) is 16.5. The van der Waals surface area contributed by atoms with Crippen LogP contribution < -0.4 is 15.2 Å². The zero-order valence-electron chi connectivity index (χ0n) is 16.5. The number of hydrogen-bond donors (Lipinski definition) is 1. The fourth-order valence-corrected chi connectivity index (χ4v) is 4.28. The minimum Gasteiger partial charge on any atom is -0.497 e. The maximum Gasteiger partial charge on any atom is 0.261 e. The Kier molecular flexibility index (Phi) is 5.11. The van der Waals surface area contributed by atoms with E-state index in [1.807, 2.05) is 42.2 Å². The SMILES string of the molecule is COc1ccc(N2CCN(C(=O)c3cc4c([nH]c3=O)CCCC4)[C@H](C)C2)cc1. The van der Waals surface area contributed by atoms with Crippen LogP contribution in [0.5, 0.6) is 5.75 Å². The molecule has 0 radical (unpaired) electrons. The Bertz CT molecular complexity index is 920. The Morgan fingerprint density at radius 1 is 1.14 bits per heavy atom. The molecule has 1 N–H and O–H groups in total. The molecule has 1 aromatic carbocycles. The van der Waals surface area contributed by atoms with Gasteiger partial charge in [-0.25, -0.2) is 0 Å². The second-order valence-electron chi connectivity index (χ2n) is 7.71. The number of nitrogens with zero attached hydrogens (tertiary/aromatic N) is 2. The summed E-state index contributed by atoms with van der Waals surface area (Å²) < 4.78 is 5.22. The number of aryl methyl sites for hydroxylation is 2. The van der Waals surface area contributed by atoms with Crippen molar-refractivity contribution in [1.29, 1.82) is 0 Å². The Hall–Kier alpha value is -2.76. The monoisotopic (exact) mass is 381 g/mol. The first-order chi connectivity index (χ1) is 13.6. The fourth-order valence-electron chi connectivity index (χ4n) is 4.28. The van der Waals surface area contributed by atoms with Crippen LogP contribution in [0, 0.1) is 0 Å². The van der Waals surface area contributed by atoms with Crippen LogP contribution in [0.2, 0.25) is 0 Å². The molecule has 1 saturated heterocycles. The number of aromatic nitrogens is 1. The molecule has 4 rings (SSSR count). The van der Waals surface area contributed by atoms with E-state index in [-0.39, 0.29) is 23.1 Å². The number of H-pyrrole nitrogens is 1. The van der Waals surface area contributed by atoms with Gasteiger partial charge in [0.25, 0.3) is 11.5 Å². The van der Waals surface area contributed by atoms with E-state index in [4.69, 9.17) is 4.74 Å². The van der Waals surface area contributed by atoms with Crippen LogP contribution in [0.25, 0.3) is 0 Å². The minimum absolute atomic E-state index is 0.0267. The highest BCUT2D eigenvalue weighted by molar-refractivity contribution is 5.94. The normalized spacial score (nSPS) is 19.3. The van der Waals surface area contributed by atoms with E-state index < -0.39 is 0 Å².